The number of amides is 1. The van der Waals surface area contributed by atoms with E-state index in [4.69, 9.17) is 0 Å². The zero-order valence-corrected chi connectivity index (χ0v) is 9.57. The first-order chi connectivity index (χ1) is 8.33. The van der Waals surface area contributed by atoms with Crippen LogP contribution in [0.25, 0.3) is 10.9 Å². The summed E-state index contributed by atoms with van der Waals surface area (Å²) >= 11 is 0. The van der Waals surface area contributed by atoms with Crippen LogP contribution in [-0.4, -0.2) is 22.1 Å². The van der Waals surface area contributed by atoms with Gasteiger partial charge in [0, 0.05) is 17.0 Å². The minimum absolute atomic E-state index is 0.0278. The maximum absolute atomic E-state index is 12.0. The van der Waals surface area contributed by atoms with Gasteiger partial charge in [-0.05, 0) is 31.0 Å². The normalized spacial score (nSPS) is 16.5. The van der Waals surface area contributed by atoms with Crippen molar-refractivity contribution in [2.24, 2.45) is 0 Å². The molecule has 4 nitrogen and oxygen atoms in total. The maximum Gasteiger partial charge on any atom is 0.251 e. The van der Waals surface area contributed by atoms with Crippen molar-refractivity contribution in [2.45, 2.75) is 31.7 Å². The summed E-state index contributed by atoms with van der Waals surface area (Å²) in [5.74, 6) is 0.0278. The zero-order valence-electron chi connectivity index (χ0n) is 9.57. The summed E-state index contributed by atoms with van der Waals surface area (Å²) in [5, 5.41) is 10.9. The van der Waals surface area contributed by atoms with Crippen LogP contribution in [0.1, 0.15) is 36.0 Å². The summed E-state index contributed by atoms with van der Waals surface area (Å²) in [7, 11) is 0. The molecule has 2 aromatic rings. The Morgan fingerprint density at radius 1 is 1.35 bits per heavy atom. The van der Waals surface area contributed by atoms with Gasteiger partial charge in [-0.1, -0.05) is 12.8 Å². The van der Waals surface area contributed by atoms with Crippen LogP contribution < -0.4 is 5.32 Å². The van der Waals surface area contributed by atoms with Crippen LogP contribution in [0.15, 0.2) is 24.4 Å². The maximum atomic E-state index is 12.0. The van der Waals surface area contributed by atoms with Gasteiger partial charge in [0.2, 0.25) is 0 Å². The van der Waals surface area contributed by atoms with E-state index in [9.17, 15) is 4.79 Å². The Kier molecular flexibility index (Phi) is 2.55. The van der Waals surface area contributed by atoms with Gasteiger partial charge < -0.3 is 5.32 Å². The highest BCUT2D eigenvalue weighted by Crippen LogP contribution is 2.19. The van der Waals surface area contributed by atoms with Crippen molar-refractivity contribution >= 4 is 16.8 Å². The number of carbonyl (C=O) groups excluding carboxylic acids is 1. The predicted octanol–water partition coefficient (Wildman–Crippen LogP) is 2.24. The molecule has 88 valence electrons. The Morgan fingerprint density at radius 2 is 2.18 bits per heavy atom. The lowest BCUT2D eigenvalue weighted by atomic mass is 10.1. The molecule has 0 atom stereocenters. The third kappa shape index (κ3) is 2.02. The highest BCUT2D eigenvalue weighted by atomic mass is 16.1. The summed E-state index contributed by atoms with van der Waals surface area (Å²) in [6.45, 7) is 0. The lowest BCUT2D eigenvalue weighted by molar-refractivity contribution is 0.0938. The molecule has 0 spiro atoms. The van der Waals surface area contributed by atoms with Gasteiger partial charge in [-0.15, -0.1) is 0 Å². The highest BCUT2D eigenvalue weighted by Gasteiger charge is 2.17. The van der Waals surface area contributed by atoms with Crippen molar-refractivity contribution in [2.75, 3.05) is 0 Å². The van der Waals surface area contributed by atoms with Crippen LogP contribution in [0.4, 0.5) is 0 Å². The largest absolute Gasteiger partial charge is 0.349 e. The average Bonchev–Trinajstić information content (AvgIpc) is 2.97. The Labute approximate surface area is 99.4 Å². The molecule has 1 aromatic heterocycles. The summed E-state index contributed by atoms with van der Waals surface area (Å²) in [4.78, 5) is 12.0. The van der Waals surface area contributed by atoms with Gasteiger partial charge in [-0.3, -0.25) is 9.89 Å². The molecule has 0 radical (unpaired) electrons. The standard InChI is InChI=1S/C13H15N3O/c17-13(15-11-3-1-2-4-11)9-5-6-12-10(7-9)8-14-16-12/h5-8,11H,1-4H2,(H,14,16)(H,15,17). The molecule has 0 aliphatic heterocycles. The summed E-state index contributed by atoms with van der Waals surface area (Å²) in [6.07, 6.45) is 6.42. The van der Waals surface area contributed by atoms with Crippen molar-refractivity contribution in [3.05, 3.63) is 30.0 Å². The van der Waals surface area contributed by atoms with Crippen LogP contribution in [-0.2, 0) is 0 Å². The van der Waals surface area contributed by atoms with Crippen LogP contribution in [0, 0.1) is 0 Å². The van der Waals surface area contributed by atoms with E-state index < -0.39 is 0 Å². The Hall–Kier alpha value is -1.84. The summed E-state index contributed by atoms with van der Waals surface area (Å²) < 4.78 is 0. The minimum atomic E-state index is 0.0278. The first-order valence-corrected chi connectivity index (χ1v) is 6.07. The molecule has 1 saturated carbocycles. The molecule has 4 heteroatoms. The number of H-pyrrole nitrogens is 1. The van der Waals surface area contributed by atoms with Crippen molar-refractivity contribution in [3.63, 3.8) is 0 Å². The lowest BCUT2D eigenvalue weighted by Gasteiger charge is -2.11. The summed E-state index contributed by atoms with van der Waals surface area (Å²) in [6, 6.07) is 5.97. The van der Waals surface area contributed by atoms with Crippen LogP contribution in [0.5, 0.6) is 0 Å². The number of aromatic nitrogens is 2. The Balaban J connectivity index is 1.79. The third-order valence-electron chi connectivity index (χ3n) is 3.39. The number of fused-ring (bicyclic) bond motifs is 1. The molecule has 1 fully saturated rings. The topological polar surface area (TPSA) is 57.8 Å². The Morgan fingerprint density at radius 3 is 3.00 bits per heavy atom. The van der Waals surface area contributed by atoms with Crippen LogP contribution in [0.3, 0.4) is 0 Å². The fraction of sp³-hybridized carbons (Fsp3) is 0.385. The molecule has 3 rings (SSSR count). The van der Waals surface area contributed by atoms with E-state index in [2.05, 4.69) is 15.5 Å². The highest BCUT2D eigenvalue weighted by molar-refractivity contribution is 5.97. The number of benzene rings is 1. The molecule has 2 N–H and O–H groups in total. The van der Waals surface area contributed by atoms with Gasteiger partial charge in [0.05, 0.1) is 11.7 Å². The molecular weight excluding hydrogens is 214 g/mol. The fourth-order valence-electron chi connectivity index (χ4n) is 2.42. The molecule has 0 unspecified atom stereocenters. The second-order valence-corrected chi connectivity index (χ2v) is 4.63. The van der Waals surface area contributed by atoms with Crippen molar-refractivity contribution in [1.82, 2.24) is 15.5 Å². The molecule has 0 bridgehead atoms. The molecule has 0 saturated heterocycles. The van der Waals surface area contributed by atoms with Crippen molar-refractivity contribution in [1.29, 1.82) is 0 Å². The average molecular weight is 229 g/mol. The second-order valence-electron chi connectivity index (χ2n) is 4.63. The van der Waals surface area contributed by atoms with Crippen molar-refractivity contribution in [3.8, 4) is 0 Å². The van der Waals surface area contributed by atoms with Gasteiger partial charge in [0.1, 0.15) is 0 Å². The first-order valence-electron chi connectivity index (χ1n) is 6.07. The van der Waals surface area contributed by atoms with E-state index in [1.165, 1.54) is 12.8 Å². The Bertz CT molecular complexity index is 540. The fourth-order valence-corrected chi connectivity index (χ4v) is 2.42. The molecule has 1 amide bonds. The first kappa shape index (κ1) is 10.3. The number of aromatic amines is 1. The molecule has 1 heterocycles. The van der Waals surface area contributed by atoms with Gasteiger partial charge in [0.15, 0.2) is 0 Å². The smallest absolute Gasteiger partial charge is 0.251 e. The lowest BCUT2D eigenvalue weighted by Crippen LogP contribution is -2.32. The number of nitrogens with zero attached hydrogens (tertiary/aromatic N) is 1. The van der Waals surface area contributed by atoms with E-state index in [1.54, 1.807) is 6.20 Å². The number of hydrogen-bond donors (Lipinski definition) is 2. The number of nitrogens with one attached hydrogen (secondary N) is 2. The monoisotopic (exact) mass is 229 g/mol. The van der Waals surface area contributed by atoms with E-state index in [0.29, 0.717) is 11.6 Å². The van der Waals surface area contributed by atoms with Crippen LogP contribution in [0.2, 0.25) is 0 Å². The van der Waals surface area contributed by atoms with E-state index in [1.807, 2.05) is 18.2 Å². The molecule has 1 aliphatic carbocycles. The van der Waals surface area contributed by atoms with Gasteiger partial charge in [-0.2, -0.15) is 5.10 Å². The predicted molar refractivity (Wildman–Crippen MR) is 65.8 cm³/mol. The van der Waals surface area contributed by atoms with Gasteiger partial charge in [-0.25, -0.2) is 0 Å². The van der Waals surface area contributed by atoms with E-state index in [0.717, 1.165) is 23.7 Å². The molecular formula is C13H15N3O. The molecule has 17 heavy (non-hydrogen) atoms. The molecule has 1 aliphatic rings. The van der Waals surface area contributed by atoms with E-state index in [-0.39, 0.29) is 5.91 Å². The van der Waals surface area contributed by atoms with Crippen LogP contribution >= 0.6 is 0 Å². The van der Waals surface area contributed by atoms with Gasteiger partial charge in [0.25, 0.3) is 5.91 Å². The minimum Gasteiger partial charge on any atom is -0.349 e. The van der Waals surface area contributed by atoms with Crippen molar-refractivity contribution < 1.29 is 4.79 Å². The number of hydrogen-bond acceptors (Lipinski definition) is 2. The third-order valence-corrected chi connectivity index (χ3v) is 3.39. The summed E-state index contributed by atoms with van der Waals surface area (Å²) in [5.41, 5.74) is 1.67. The van der Waals surface area contributed by atoms with Gasteiger partial charge >= 0.3 is 0 Å². The zero-order chi connectivity index (χ0) is 11.7. The molecule has 1 aromatic carbocycles. The quantitative estimate of drug-likeness (QED) is 0.829. The SMILES string of the molecule is O=C(NC1CCCC1)c1ccc2[nH]ncc2c1. The number of rotatable bonds is 2. The number of carbonyl (C=O) groups is 1. The van der Waals surface area contributed by atoms with E-state index >= 15 is 0 Å². The second kappa shape index (κ2) is 4.20.